The Labute approximate surface area is 188 Å². The summed E-state index contributed by atoms with van der Waals surface area (Å²) in [5.41, 5.74) is 6.69. The maximum absolute atomic E-state index is 10.2. The Kier molecular flexibility index (Phi) is 4.69. The topological polar surface area (TPSA) is 41.8 Å². The van der Waals surface area contributed by atoms with E-state index in [1.807, 2.05) is 0 Å². The van der Waals surface area contributed by atoms with Crippen molar-refractivity contribution in [2.45, 2.75) is 103 Å². The van der Waals surface area contributed by atoms with Crippen LogP contribution in [0.2, 0.25) is 0 Å². The summed E-state index contributed by atoms with van der Waals surface area (Å²) >= 11 is 0. The van der Waals surface area contributed by atoms with Crippen LogP contribution in [0, 0.1) is 35.0 Å². The fourth-order valence-electron chi connectivity index (χ4n) is 8.91. The van der Waals surface area contributed by atoms with Crippen molar-refractivity contribution in [3.63, 3.8) is 0 Å². The number of fused-ring (bicyclic) bond motifs is 6. The zero-order valence-electron chi connectivity index (χ0n) is 20.0. The van der Waals surface area contributed by atoms with Gasteiger partial charge in [-0.3, -0.25) is 4.99 Å². The van der Waals surface area contributed by atoms with Gasteiger partial charge in [-0.15, -0.1) is 0 Å². The molecule has 3 heteroatoms. The molecule has 9 atom stereocenters. The predicted molar refractivity (Wildman–Crippen MR) is 125 cm³/mol. The molecule has 0 unspecified atom stereocenters. The molecule has 1 saturated heterocycles. The molecular weight excluding hydrogens is 382 g/mol. The standard InChI is InChI=1S/C28H41NO2/c1-16-11-25-26(29-15-16)18(3)28(31-25)10-8-21-22-6-5-19-12-20(30)7-9-27(19,4)24(22)13-23(21)17(2)14-28/h12,16,18,20-22,24-25,30H,5-11,13-15H2,1-4H3/t16-,18+,20-,21-,22-,24-,25+,27-,28-/m0/s1. The SMILES string of the molecule is CC1=C2C[C@H]3[C@@H](CCC4=C[C@@H](O)CC[C@@]43C)[C@@H]2CC[C@@]2(C1)O[C@@H]1C[C@H](C)CN=C1[C@H]2C. The van der Waals surface area contributed by atoms with Crippen molar-refractivity contribution in [2.75, 3.05) is 6.54 Å². The Morgan fingerprint density at radius 1 is 1.16 bits per heavy atom. The number of aliphatic imine (C=N–C) groups is 1. The van der Waals surface area contributed by atoms with E-state index >= 15 is 0 Å². The molecule has 2 saturated carbocycles. The highest BCUT2D eigenvalue weighted by molar-refractivity contribution is 5.94. The molecule has 1 spiro atoms. The van der Waals surface area contributed by atoms with Gasteiger partial charge in [-0.2, -0.15) is 0 Å². The Bertz CT molecular complexity index is 870. The molecule has 2 heterocycles. The molecule has 0 amide bonds. The monoisotopic (exact) mass is 423 g/mol. The fourth-order valence-corrected chi connectivity index (χ4v) is 8.91. The number of hydrogen-bond acceptors (Lipinski definition) is 3. The van der Waals surface area contributed by atoms with Crippen LogP contribution in [0.4, 0.5) is 0 Å². The first-order valence-corrected chi connectivity index (χ1v) is 13.1. The number of rotatable bonds is 0. The summed E-state index contributed by atoms with van der Waals surface area (Å²) in [5.74, 6) is 3.48. The van der Waals surface area contributed by atoms with Gasteiger partial charge in [-0.25, -0.2) is 0 Å². The van der Waals surface area contributed by atoms with Gasteiger partial charge < -0.3 is 9.84 Å². The van der Waals surface area contributed by atoms with Crippen molar-refractivity contribution < 1.29 is 9.84 Å². The molecule has 0 radical (unpaired) electrons. The molecule has 0 bridgehead atoms. The number of nitrogens with zero attached hydrogens (tertiary/aromatic N) is 1. The number of ether oxygens (including phenoxy) is 1. The van der Waals surface area contributed by atoms with E-state index in [4.69, 9.17) is 9.73 Å². The number of allylic oxidation sites excluding steroid dienone is 2. The zero-order valence-corrected chi connectivity index (χ0v) is 20.0. The summed E-state index contributed by atoms with van der Waals surface area (Å²) in [5, 5.41) is 10.2. The molecule has 4 aliphatic carbocycles. The van der Waals surface area contributed by atoms with Gasteiger partial charge in [-0.1, -0.05) is 43.6 Å². The van der Waals surface area contributed by atoms with Gasteiger partial charge in [0.25, 0.3) is 0 Å². The van der Waals surface area contributed by atoms with Crippen LogP contribution >= 0.6 is 0 Å². The van der Waals surface area contributed by atoms with Crippen LogP contribution in [0.15, 0.2) is 27.8 Å². The van der Waals surface area contributed by atoms with E-state index in [1.165, 1.54) is 44.2 Å². The van der Waals surface area contributed by atoms with Crippen molar-refractivity contribution in [3.8, 4) is 0 Å². The number of aliphatic hydroxyl groups excluding tert-OH is 1. The Morgan fingerprint density at radius 2 is 2.00 bits per heavy atom. The lowest BCUT2D eigenvalue weighted by atomic mass is 9.56. The maximum atomic E-state index is 10.2. The lowest BCUT2D eigenvalue weighted by Crippen LogP contribution is -2.41. The van der Waals surface area contributed by atoms with E-state index in [1.54, 1.807) is 16.7 Å². The zero-order chi connectivity index (χ0) is 21.5. The summed E-state index contributed by atoms with van der Waals surface area (Å²) in [4.78, 5) is 5.01. The van der Waals surface area contributed by atoms with Crippen LogP contribution in [0.3, 0.4) is 0 Å². The summed E-state index contributed by atoms with van der Waals surface area (Å²) in [6.45, 7) is 10.7. The molecule has 6 rings (SSSR count). The highest BCUT2D eigenvalue weighted by Gasteiger charge is 2.57. The summed E-state index contributed by atoms with van der Waals surface area (Å²) in [6.07, 6.45) is 13.0. The van der Waals surface area contributed by atoms with Gasteiger partial charge in [0.1, 0.15) is 0 Å². The first-order valence-electron chi connectivity index (χ1n) is 13.1. The molecule has 2 aliphatic heterocycles. The van der Waals surface area contributed by atoms with Crippen LogP contribution in [-0.2, 0) is 4.74 Å². The van der Waals surface area contributed by atoms with Gasteiger partial charge in [0.15, 0.2) is 0 Å². The highest BCUT2D eigenvalue weighted by atomic mass is 16.5. The van der Waals surface area contributed by atoms with Gasteiger partial charge >= 0.3 is 0 Å². The summed E-state index contributed by atoms with van der Waals surface area (Å²) in [7, 11) is 0. The van der Waals surface area contributed by atoms with E-state index in [-0.39, 0.29) is 17.8 Å². The molecule has 0 aromatic rings. The second kappa shape index (κ2) is 7.03. The molecule has 3 nitrogen and oxygen atoms in total. The highest BCUT2D eigenvalue weighted by Crippen LogP contribution is 2.64. The van der Waals surface area contributed by atoms with E-state index in [9.17, 15) is 5.11 Å². The minimum Gasteiger partial charge on any atom is -0.389 e. The molecular formula is C28H41NO2. The van der Waals surface area contributed by atoms with Gasteiger partial charge in [-0.05, 0) is 93.8 Å². The van der Waals surface area contributed by atoms with Gasteiger partial charge in [0, 0.05) is 18.2 Å². The van der Waals surface area contributed by atoms with Crippen LogP contribution in [0.5, 0.6) is 0 Å². The third-order valence-electron chi connectivity index (χ3n) is 10.7. The minimum atomic E-state index is -0.206. The fraction of sp³-hybridized carbons (Fsp3) is 0.821. The second-order valence-electron chi connectivity index (χ2n) is 12.4. The molecule has 1 N–H and O–H groups in total. The average molecular weight is 424 g/mol. The van der Waals surface area contributed by atoms with Crippen LogP contribution < -0.4 is 0 Å². The Hall–Kier alpha value is -0.930. The molecule has 0 aromatic carbocycles. The lowest BCUT2D eigenvalue weighted by molar-refractivity contribution is -0.0675. The Morgan fingerprint density at radius 3 is 2.84 bits per heavy atom. The van der Waals surface area contributed by atoms with Crippen molar-refractivity contribution in [2.24, 2.45) is 40.0 Å². The number of aliphatic hydroxyl groups is 1. The van der Waals surface area contributed by atoms with Crippen LogP contribution in [0.25, 0.3) is 0 Å². The average Bonchev–Trinajstić information content (AvgIpc) is 3.19. The van der Waals surface area contributed by atoms with E-state index in [2.05, 4.69) is 33.8 Å². The maximum Gasteiger partial charge on any atom is 0.0966 e. The van der Waals surface area contributed by atoms with Crippen LogP contribution in [-0.4, -0.2) is 35.2 Å². The van der Waals surface area contributed by atoms with Crippen molar-refractivity contribution in [3.05, 3.63) is 22.8 Å². The van der Waals surface area contributed by atoms with E-state index in [0.717, 1.165) is 43.6 Å². The Balaban J connectivity index is 1.31. The second-order valence-corrected chi connectivity index (χ2v) is 12.4. The molecule has 170 valence electrons. The molecule has 0 aromatic heterocycles. The molecule has 6 aliphatic rings. The van der Waals surface area contributed by atoms with Gasteiger partial charge in [0.2, 0.25) is 0 Å². The third-order valence-corrected chi connectivity index (χ3v) is 10.7. The van der Waals surface area contributed by atoms with Crippen molar-refractivity contribution in [1.82, 2.24) is 0 Å². The van der Waals surface area contributed by atoms with Crippen molar-refractivity contribution in [1.29, 1.82) is 0 Å². The van der Waals surface area contributed by atoms with Crippen molar-refractivity contribution >= 4 is 5.71 Å². The number of hydrogen-bond donors (Lipinski definition) is 1. The smallest absolute Gasteiger partial charge is 0.0966 e. The first-order chi connectivity index (χ1) is 14.8. The largest absolute Gasteiger partial charge is 0.389 e. The predicted octanol–water partition coefficient (Wildman–Crippen LogP) is 5.87. The normalized spacial score (nSPS) is 51.5. The quantitative estimate of drug-likeness (QED) is 0.495. The first kappa shape index (κ1) is 20.7. The summed E-state index contributed by atoms with van der Waals surface area (Å²) < 4.78 is 6.94. The van der Waals surface area contributed by atoms with E-state index in [0.29, 0.717) is 17.3 Å². The lowest BCUT2D eigenvalue weighted by Gasteiger charge is -2.49. The van der Waals surface area contributed by atoms with Gasteiger partial charge in [0.05, 0.1) is 17.8 Å². The summed E-state index contributed by atoms with van der Waals surface area (Å²) in [6, 6.07) is 0. The third kappa shape index (κ3) is 2.94. The molecule has 31 heavy (non-hydrogen) atoms. The van der Waals surface area contributed by atoms with E-state index < -0.39 is 0 Å². The molecule has 3 fully saturated rings. The van der Waals surface area contributed by atoms with Crippen LogP contribution in [0.1, 0.15) is 85.5 Å². The minimum absolute atomic E-state index is 0.0109.